The van der Waals surface area contributed by atoms with E-state index in [4.69, 9.17) is 0 Å². The van der Waals surface area contributed by atoms with Crippen LogP contribution >= 0.6 is 0 Å². The number of hydrogen-bond acceptors (Lipinski definition) is 1. The highest BCUT2D eigenvalue weighted by Crippen LogP contribution is 2.42. The van der Waals surface area contributed by atoms with Gasteiger partial charge in [-0.3, -0.25) is 4.79 Å². The van der Waals surface area contributed by atoms with Crippen molar-refractivity contribution in [3.05, 3.63) is 36.5 Å². The molecule has 0 heterocycles. The molecule has 0 atom stereocenters. The van der Waals surface area contributed by atoms with Gasteiger partial charge in [0.15, 0.2) is 5.78 Å². The SMILES string of the molecule is C=C(/C=C\C)CC1(/C=C/C(C)=O)CCCCC1. The molecule has 0 spiro atoms. The van der Waals surface area contributed by atoms with Gasteiger partial charge in [0.05, 0.1) is 0 Å². The number of hydrogen-bond donors (Lipinski definition) is 0. The Morgan fingerprint density at radius 3 is 2.41 bits per heavy atom. The van der Waals surface area contributed by atoms with Gasteiger partial charge in [-0.05, 0) is 44.6 Å². The van der Waals surface area contributed by atoms with Crippen molar-refractivity contribution in [1.82, 2.24) is 0 Å². The molecule has 94 valence electrons. The minimum absolute atomic E-state index is 0.145. The predicted octanol–water partition coefficient (Wildman–Crippen LogP) is 4.60. The van der Waals surface area contributed by atoms with Gasteiger partial charge in [-0.2, -0.15) is 0 Å². The van der Waals surface area contributed by atoms with Crippen LogP contribution < -0.4 is 0 Å². The molecular weight excluding hydrogens is 208 g/mol. The molecule has 1 fully saturated rings. The van der Waals surface area contributed by atoms with Gasteiger partial charge < -0.3 is 0 Å². The van der Waals surface area contributed by atoms with Crippen molar-refractivity contribution in [3.8, 4) is 0 Å². The molecule has 1 aliphatic carbocycles. The summed E-state index contributed by atoms with van der Waals surface area (Å²) in [4.78, 5) is 11.1. The second-order valence-corrected chi connectivity index (χ2v) is 5.20. The average Bonchev–Trinajstić information content (AvgIpc) is 2.28. The summed E-state index contributed by atoms with van der Waals surface area (Å²) in [5, 5.41) is 0. The Morgan fingerprint density at radius 1 is 1.24 bits per heavy atom. The summed E-state index contributed by atoms with van der Waals surface area (Å²) >= 11 is 0. The summed E-state index contributed by atoms with van der Waals surface area (Å²) < 4.78 is 0. The van der Waals surface area contributed by atoms with Crippen molar-refractivity contribution in [3.63, 3.8) is 0 Å². The van der Waals surface area contributed by atoms with Gasteiger partial charge in [0.2, 0.25) is 0 Å². The zero-order chi connectivity index (χ0) is 12.7. The van der Waals surface area contributed by atoms with Crippen LogP contribution in [0.3, 0.4) is 0 Å². The number of allylic oxidation sites excluding steroid dienone is 5. The fourth-order valence-electron chi connectivity index (χ4n) is 2.70. The van der Waals surface area contributed by atoms with Gasteiger partial charge in [-0.15, -0.1) is 0 Å². The fourth-order valence-corrected chi connectivity index (χ4v) is 2.70. The maximum Gasteiger partial charge on any atom is 0.152 e. The highest BCUT2D eigenvalue weighted by Gasteiger charge is 2.29. The Kier molecular flexibility index (Phi) is 5.40. The van der Waals surface area contributed by atoms with E-state index in [2.05, 4.69) is 18.7 Å². The van der Waals surface area contributed by atoms with E-state index in [1.165, 1.54) is 37.7 Å². The van der Waals surface area contributed by atoms with E-state index in [0.29, 0.717) is 0 Å². The lowest BCUT2D eigenvalue weighted by Crippen LogP contribution is -2.22. The Bertz CT molecular complexity index is 327. The Balaban J connectivity index is 2.77. The second-order valence-electron chi connectivity index (χ2n) is 5.20. The lowest BCUT2D eigenvalue weighted by Gasteiger charge is -2.35. The molecule has 0 N–H and O–H groups in total. The number of rotatable bonds is 5. The van der Waals surface area contributed by atoms with Gasteiger partial charge >= 0.3 is 0 Å². The minimum atomic E-state index is 0.145. The third-order valence-electron chi connectivity index (χ3n) is 3.50. The molecule has 1 aliphatic rings. The van der Waals surface area contributed by atoms with Crippen molar-refractivity contribution in [1.29, 1.82) is 0 Å². The van der Waals surface area contributed by atoms with E-state index >= 15 is 0 Å². The maximum absolute atomic E-state index is 11.1. The zero-order valence-corrected chi connectivity index (χ0v) is 11.2. The molecule has 1 heteroatoms. The predicted molar refractivity (Wildman–Crippen MR) is 73.9 cm³/mol. The molecule has 1 saturated carbocycles. The smallest absolute Gasteiger partial charge is 0.152 e. The fraction of sp³-hybridized carbons (Fsp3) is 0.562. The summed E-state index contributed by atoms with van der Waals surface area (Å²) in [6.07, 6.45) is 15.2. The van der Waals surface area contributed by atoms with Gasteiger partial charge in [0, 0.05) is 0 Å². The first-order chi connectivity index (χ1) is 8.08. The van der Waals surface area contributed by atoms with Crippen LogP contribution in [0.25, 0.3) is 0 Å². The number of carbonyl (C=O) groups excluding carboxylic acids is 1. The lowest BCUT2D eigenvalue weighted by atomic mass is 9.70. The largest absolute Gasteiger partial charge is 0.295 e. The van der Waals surface area contributed by atoms with Gasteiger partial charge in [0.1, 0.15) is 0 Å². The van der Waals surface area contributed by atoms with Crippen molar-refractivity contribution < 1.29 is 4.79 Å². The third kappa shape index (κ3) is 4.72. The molecule has 0 radical (unpaired) electrons. The standard InChI is InChI=1S/C16H24O/c1-4-8-14(2)13-16(12-9-15(3)17)10-6-5-7-11-16/h4,8-9,12H,2,5-7,10-11,13H2,1,3H3/b8-4-,12-9+. The Morgan fingerprint density at radius 2 is 1.88 bits per heavy atom. The second kappa shape index (κ2) is 6.58. The molecule has 17 heavy (non-hydrogen) atoms. The molecule has 0 amide bonds. The van der Waals surface area contributed by atoms with Gasteiger partial charge in [-0.25, -0.2) is 0 Å². The zero-order valence-electron chi connectivity index (χ0n) is 11.2. The van der Waals surface area contributed by atoms with Crippen molar-refractivity contribution >= 4 is 5.78 Å². The van der Waals surface area contributed by atoms with E-state index in [-0.39, 0.29) is 11.2 Å². The third-order valence-corrected chi connectivity index (χ3v) is 3.50. The van der Waals surface area contributed by atoms with E-state index in [1.807, 2.05) is 13.0 Å². The molecule has 0 aromatic rings. The maximum atomic E-state index is 11.1. The van der Waals surface area contributed by atoms with E-state index in [0.717, 1.165) is 6.42 Å². The van der Waals surface area contributed by atoms with Crippen molar-refractivity contribution in [2.45, 2.75) is 52.4 Å². The molecule has 0 unspecified atom stereocenters. The van der Waals surface area contributed by atoms with E-state index < -0.39 is 0 Å². The van der Waals surface area contributed by atoms with Crippen molar-refractivity contribution in [2.24, 2.45) is 5.41 Å². The van der Waals surface area contributed by atoms with E-state index in [9.17, 15) is 4.79 Å². The number of ketones is 1. The van der Waals surface area contributed by atoms with Crippen molar-refractivity contribution in [2.75, 3.05) is 0 Å². The Hall–Kier alpha value is -1.11. The van der Waals surface area contributed by atoms with E-state index in [1.54, 1.807) is 13.0 Å². The first-order valence-corrected chi connectivity index (χ1v) is 6.58. The highest BCUT2D eigenvalue weighted by atomic mass is 16.1. The quantitative estimate of drug-likeness (QED) is 0.500. The Labute approximate surface area is 105 Å². The summed E-state index contributed by atoms with van der Waals surface area (Å²) in [5.41, 5.74) is 1.35. The molecule has 1 nitrogen and oxygen atoms in total. The van der Waals surface area contributed by atoms with Gasteiger partial charge in [0.25, 0.3) is 0 Å². The van der Waals surface area contributed by atoms with Gasteiger partial charge in [-0.1, -0.05) is 49.6 Å². The van der Waals surface area contributed by atoms with Crippen LogP contribution in [0.5, 0.6) is 0 Å². The molecule has 0 saturated heterocycles. The van der Waals surface area contributed by atoms with Crippen LogP contribution in [0.15, 0.2) is 36.5 Å². The van der Waals surface area contributed by atoms with Crippen LogP contribution in [0.2, 0.25) is 0 Å². The monoisotopic (exact) mass is 232 g/mol. The normalized spacial score (nSPS) is 19.9. The summed E-state index contributed by atoms with van der Waals surface area (Å²) in [6, 6.07) is 0. The molecule has 1 rings (SSSR count). The molecule has 0 aromatic carbocycles. The summed E-state index contributed by atoms with van der Waals surface area (Å²) in [7, 11) is 0. The summed E-state index contributed by atoms with van der Waals surface area (Å²) in [6.45, 7) is 7.74. The average molecular weight is 232 g/mol. The van der Waals surface area contributed by atoms with Crippen LogP contribution in [0.1, 0.15) is 52.4 Å². The molecule has 0 aromatic heterocycles. The highest BCUT2D eigenvalue weighted by molar-refractivity contribution is 5.87. The molecule has 0 bridgehead atoms. The molecule has 0 aliphatic heterocycles. The first kappa shape index (κ1) is 14.0. The first-order valence-electron chi connectivity index (χ1n) is 6.58. The minimum Gasteiger partial charge on any atom is -0.295 e. The summed E-state index contributed by atoms with van der Waals surface area (Å²) in [5.74, 6) is 0.145. The lowest BCUT2D eigenvalue weighted by molar-refractivity contribution is -0.112. The van der Waals surface area contributed by atoms with Crippen LogP contribution in [-0.2, 0) is 4.79 Å². The number of carbonyl (C=O) groups is 1. The van der Waals surface area contributed by atoms with Crippen LogP contribution in [0.4, 0.5) is 0 Å². The van der Waals surface area contributed by atoms with Crippen LogP contribution in [-0.4, -0.2) is 5.78 Å². The topological polar surface area (TPSA) is 17.1 Å². The van der Waals surface area contributed by atoms with Crippen LogP contribution in [0, 0.1) is 5.41 Å². The molecular formula is C16H24O.